The highest BCUT2D eigenvalue weighted by molar-refractivity contribution is 5.84. The van der Waals surface area contributed by atoms with Crippen molar-refractivity contribution in [3.05, 3.63) is 261 Å². The summed E-state index contributed by atoms with van der Waals surface area (Å²) in [7, 11) is 0. The zero-order chi connectivity index (χ0) is 52.0. The number of benzene rings is 8. The van der Waals surface area contributed by atoms with Gasteiger partial charge in [-0.3, -0.25) is 20.0 Å². The summed E-state index contributed by atoms with van der Waals surface area (Å²) in [5.41, 5.74) is 16.9. The van der Waals surface area contributed by atoms with E-state index in [9.17, 15) is 0 Å². The lowest BCUT2D eigenvalue weighted by Gasteiger charge is -2.37. The highest BCUT2D eigenvalue weighted by atomic mass is 14.7. The summed E-state index contributed by atoms with van der Waals surface area (Å²) >= 11 is 0. The standard InChI is InChI=1S/C69H72N4/c1-65(2,3)53-21-13-49(14-22-53)45-70-61-37-29-57(30-38-61)69(58-31-39-62(40-32-58)71-46-50-15-23-54(24-16-50)66(4,5)6,59-33-41-63(42-34-59)72-47-51-17-25-55(26-18-51)67(7,8)9)60-35-43-64(44-36-60)73-48-52-19-27-56(28-20-52)68(10,11)12/h13-48H,1-12H3. The first-order valence-electron chi connectivity index (χ1n) is 25.7. The lowest BCUT2D eigenvalue weighted by Crippen LogP contribution is -2.30. The molecule has 0 heterocycles. The topological polar surface area (TPSA) is 49.4 Å². The van der Waals surface area contributed by atoms with Gasteiger partial charge < -0.3 is 0 Å². The molecule has 0 atom stereocenters. The number of hydrogen-bond donors (Lipinski definition) is 0. The summed E-state index contributed by atoms with van der Waals surface area (Å²) < 4.78 is 0. The Hall–Kier alpha value is -7.56. The molecule has 0 aliphatic heterocycles. The van der Waals surface area contributed by atoms with E-state index in [-0.39, 0.29) is 21.7 Å². The van der Waals surface area contributed by atoms with Crippen molar-refractivity contribution in [2.75, 3.05) is 0 Å². The first-order chi connectivity index (χ1) is 34.6. The van der Waals surface area contributed by atoms with Gasteiger partial charge in [0, 0.05) is 24.9 Å². The van der Waals surface area contributed by atoms with E-state index in [4.69, 9.17) is 20.0 Å². The molecule has 0 aliphatic carbocycles. The van der Waals surface area contributed by atoms with Gasteiger partial charge >= 0.3 is 0 Å². The van der Waals surface area contributed by atoms with Gasteiger partial charge in [-0.25, -0.2) is 0 Å². The van der Waals surface area contributed by atoms with E-state index in [1.165, 1.54) is 22.3 Å². The fourth-order valence-electron chi connectivity index (χ4n) is 9.06. The normalized spacial score (nSPS) is 13.6. The third kappa shape index (κ3) is 12.7. The Bertz CT molecular complexity index is 2750. The molecule has 0 saturated carbocycles. The summed E-state index contributed by atoms with van der Waals surface area (Å²) in [5.74, 6) is 0. The third-order valence-corrected chi connectivity index (χ3v) is 13.8. The minimum absolute atomic E-state index is 0.0867. The van der Waals surface area contributed by atoms with Gasteiger partial charge in [-0.05, 0) is 137 Å². The summed E-state index contributed by atoms with van der Waals surface area (Å²) in [4.78, 5) is 19.8. The molecule has 0 radical (unpaired) electrons. The Balaban J connectivity index is 1.21. The van der Waals surface area contributed by atoms with Crippen LogP contribution in [0.25, 0.3) is 0 Å². The van der Waals surface area contributed by atoms with Crippen molar-refractivity contribution >= 4 is 47.6 Å². The van der Waals surface area contributed by atoms with Gasteiger partial charge in [-0.1, -0.05) is 229 Å². The first kappa shape index (κ1) is 51.8. The number of hydrogen-bond acceptors (Lipinski definition) is 4. The molecule has 0 saturated heterocycles. The maximum Gasteiger partial charge on any atom is 0.0701 e. The third-order valence-electron chi connectivity index (χ3n) is 13.8. The van der Waals surface area contributed by atoms with Crippen molar-refractivity contribution in [2.24, 2.45) is 20.0 Å². The minimum Gasteiger partial charge on any atom is -0.256 e. The van der Waals surface area contributed by atoms with Gasteiger partial charge in [0.25, 0.3) is 0 Å². The van der Waals surface area contributed by atoms with E-state index < -0.39 is 5.41 Å². The van der Waals surface area contributed by atoms with Crippen LogP contribution in [0.5, 0.6) is 0 Å². The lowest BCUT2D eigenvalue weighted by molar-refractivity contribution is 0.590. The smallest absolute Gasteiger partial charge is 0.0701 e. The molecule has 0 aliphatic rings. The summed E-state index contributed by atoms with van der Waals surface area (Å²) in [6, 6.07) is 69.5. The monoisotopic (exact) mass is 957 g/mol. The van der Waals surface area contributed by atoms with Crippen molar-refractivity contribution < 1.29 is 0 Å². The van der Waals surface area contributed by atoms with Crippen molar-refractivity contribution in [3.8, 4) is 0 Å². The Morgan fingerprint density at radius 2 is 0.356 bits per heavy atom. The van der Waals surface area contributed by atoms with Crippen LogP contribution in [0.15, 0.2) is 214 Å². The largest absolute Gasteiger partial charge is 0.256 e. The SMILES string of the molecule is CC(C)(C)c1ccc(C=Nc2ccc(C(c3ccc(N=Cc4ccc(C(C)(C)C)cc4)cc3)(c3ccc(N=Cc4ccc(C(C)(C)C)cc4)cc3)c3ccc(N=Cc4ccc(C(C)(C)C)cc4)cc3)cc2)cc1. The van der Waals surface area contributed by atoms with Gasteiger partial charge in [0.1, 0.15) is 0 Å². The highest BCUT2D eigenvalue weighted by Gasteiger charge is 2.38. The molecular weight excluding hydrogens is 885 g/mol. The van der Waals surface area contributed by atoms with Crippen LogP contribution in [0.4, 0.5) is 22.7 Å². The van der Waals surface area contributed by atoms with Crippen LogP contribution in [0.2, 0.25) is 0 Å². The molecule has 8 aromatic carbocycles. The lowest BCUT2D eigenvalue weighted by atomic mass is 9.65. The quantitative estimate of drug-likeness (QED) is 0.0865. The maximum absolute atomic E-state index is 4.96. The van der Waals surface area contributed by atoms with Crippen molar-refractivity contribution in [2.45, 2.75) is 110 Å². The van der Waals surface area contributed by atoms with E-state index in [0.717, 1.165) is 67.3 Å². The summed E-state index contributed by atoms with van der Waals surface area (Å²) in [5, 5.41) is 0. The molecule has 8 aromatic rings. The molecule has 0 bridgehead atoms. The fourth-order valence-corrected chi connectivity index (χ4v) is 9.06. The van der Waals surface area contributed by atoms with Crippen LogP contribution in [-0.2, 0) is 27.1 Å². The number of rotatable bonds is 12. The molecular formula is C69H72N4. The molecule has 0 amide bonds. The minimum atomic E-state index is -0.758. The predicted octanol–water partition coefficient (Wildman–Crippen LogP) is 18.3. The molecule has 0 N–H and O–H groups in total. The molecule has 0 fully saturated rings. The van der Waals surface area contributed by atoms with Gasteiger partial charge in [0.15, 0.2) is 0 Å². The van der Waals surface area contributed by atoms with Crippen LogP contribution in [0, 0.1) is 0 Å². The van der Waals surface area contributed by atoms with Crippen LogP contribution in [0.3, 0.4) is 0 Å². The first-order valence-corrected chi connectivity index (χ1v) is 25.7. The molecule has 368 valence electrons. The zero-order valence-electron chi connectivity index (χ0n) is 45.1. The molecule has 0 unspecified atom stereocenters. The molecule has 4 nitrogen and oxygen atoms in total. The van der Waals surface area contributed by atoms with Crippen LogP contribution >= 0.6 is 0 Å². The van der Waals surface area contributed by atoms with Crippen LogP contribution < -0.4 is 0 Å². The second kappa shape index (κ2) is 21.3. The zero-order valence-corrected chi connectivity index (χ0v) is 45.1. The highest BCUT2D eigenvalue weighted by Crippen LogP contribution is 2.47. The average molecular weight is 957 g/mol. The Labute approximate surface area is 436 Å². The second-order valence-corrected chi connectivity index (χ2v) is 23.5. The van der Waals surface area contributed by atoms with Gasteiger partial charge in [-0.15, -0.1) is 0 Å². The Morgan fingerprint density at radius 3 is 0.507 bits per heavy atom. The van der Waals surface area contributed by atoms with E-state index in [2.05, 4.69) is 277 Å². The van der Waals surface area contributed by atoms with Crippen molar-refractivity contribution in [1.82, 2.24) is 0 Å². The Kier molecular flexibility index (Phi) is 15.1. The summed E-state index contributed by atoms with van der Waals surface area (Å²) in [6.07, 6.45) is 7.79. The van der Waals surface area contributed by atoms with Crippen LogP contribution in [-0.4, -0.2) is 24.9 Å². The van der Waals surface area contributed by atoms with Crippen molar-refractivity contribution in [1.29, 1.82) is 0 Å². The molecule has 0 aromatic heterocycles. The average Bonchev–Trinajstić information content (AvgIpc) is 3.37. The van der Waals surface area contributed by atoms with Gasteiger partial charge in [-0.2, -0.15) is 0 Å². The van der Waals surface area contributed by atoms with Crippen LogP contribution in [0.1, 0.15) is 150 Å². The number of aliphatic imine (C=N–C) groups is 4. The Morgan fingerprint density at radius 1 is 0.205 bits per heavy atom. The maximum atomic E-state index is 4.96. The molecule has 0 spiro atoms. The van der Waals surface area contributed by atoms with Gasteiger partial charge in [0.05, 0.1) is 28.2 Å². The van der Waals surface area contributed by atoms with E-state index in [0.29, 0.717) is 0 Å². The predicted molar refractivity (Wildman–Crippen MR) is 314 cm³/mol. The fraction of sp³-hybridized carbons (Fsp3) is 0.246. The van der Waals surface area contributed by atoms with Gasteiger partial charge in [0.2, 0.25) is 0 Å². The van der Waals surface area contributed by atoms with E-state index >= 15 is 0 Å². The van der Waals surface area contributed by atoms with E-state index in [1.807, 2.05) is 24.9 Å². The van der Waals surface area contributed by atoms with E-state index in [1.54, 1.807) is 0 Å². The van der Waals surface area contributed by atoms with Crippen molar-refractivity contribution in [3.63, 3.8) is 0 Å². The molecule has 4 heteroatoms. The second-order valence-electron chi connectivity index (χ2n) is 23.5. The summed E-state index contributed by atoms with van der Waals surface area (Å²) in [6.45, 7) is 26.8. The molecule has 8 rings (SSSR count). The number of nitrogens with zero attached hydrogens (tertiary/aromatic N) is 4. The molecule has 73 heavy (non-hydrogen) atoms.